The number of benzene rings is 2. The van der Waals surface area contributed by atoms with Crippen LogP contribution in [0.25, 0.3) is 0 Å². The van der Waals surface area contributed by atoms with E-state index in [1.165, 1.54) is 16.7 Å². The highest BCUT2D eigenvalue weighted by Gasteiger charge is 2.07. The van der Waals surface area contributed by atoms with Crippen LogP contribution in [0.5, 0.6) is 0 Å². The van der Waals surface area contributed by atoms with Crippen molar-refractivity contribution in [2.45, 2.75) is 32.6 Å². The molecule has 0 saturated carbocycles. The third kappa shape index (κ3) is 5.07. The molecule has 0 aliphatic heterocycles. The van der Waals surface area contributed by atoms with Crippen LogP contribution in [0, 0.1) is 6.92 Å². The van der Waals surface area contributed by atoms with Gasteiger partial charge in [0.1, 0.15) is 0 Å². The van der Waals surface area contributed by atoms with E-state index >= 15 is 0 Å². The Hall–Kier alpha value is -2.09. The Morgan fingerprint density at radius 2 is 1.86 bits per heavy atom. The highest BCUT2D eigenvalue weighted by atomic mass is 16.1. The van der Waals surface area contributed by atoms with Crippen molar-refractivity contribution in [2.24, 2.45) is 0 Å². The van der Waals surface area contributed by atoms with E-state index in [0.29, 0.717) is 18.9 Å². The molecule has 0 bridgehead atoms. The van der Waals surface area contributed by atoms with Crippen LogP contribution in [0.15, 0.2) is 54.6 Å². The minimum absolute atomic E-state index is 0.124. The van der Waals surface area contributed by atoms with E-state index < -0.39 is 0 Å². The van der Waals surface area contributed by atoms with Crippen molar-refractivity contribution in [1.82, 2.24) is 5.32 Å². The number of carbonyl (C=O) groups is 1. The lowest BCUT2D eigenvalue weighted by Gasteiger charge is -2.13. The van der Waals surface area contributed by atoms with Gasteiger partial charge in [-0.3, -0.25) is 4.79 Å². The van der Waals surface area contributed by atoms with E-state index in [0.717, 1.165) is 6.42 Å². The third-order valence-electron chi connectivity index (χ3n) is 3.70. The Morgan fingerprint density at radius 1 is 1.10 bits per heavy atom. The predicted molar refractivity (Wildman–Crippen MR) is 87.4 cm³/mol. The predicted octanol–water partition coefficient (Wildman–Crippen LogP) is 3.85. The van der Waals surface area contributed by atoms with Crippen LogP contribution in [-0.4, -0.2) is 12.5 Å². The Labute approximate surface area is 127 Å². The third-order valence-corrected chi connectivity index (χ3v) is 3.70. The molecular formula is C19H23NO. The minimum atomic E-state index is 0.124. The largest absolute Gasteiger partial charge is 0.355 e. The van der Waals surface area contributed by atoms with Crippen LogP contribution in [0.1, 0.15) is 36.0 Å². The number of carbonyl (C=O) groups excluding carboxylic acids is 1. The number of hydrogen-bond donors (Lipinski definition) is 1. The molecule has 2 aromatic rings. The Balaban J connectivity index is 1.75. The van der Waals surface area contributed by atoms with Gasteiger partial charge in [-0.15, -0.1) is 0 Å². The number of rotatable bonds is 6. The molecule has 0 fully saturated rings. The van der Waals surface area contributed by atoms with E-state index in [-0.39, 0.29) is 5.91 Å². The molecule has 2 heteroatoms. The first-order chi connectivity index (χ1) is 10.1. The topological polar surface area (TPSA) is 29.1 Å². The maximum atomic E-state index is 11.9. The molecule has 1 atom stereocenters. The second kappa shape index (κ2) is 7.63. The molecule has 2 rings (SSSR count). The fourth-order valence-corrected chi connectivity index (χ4v) is 2.38. The summed E-state index contributed by atoms with van der Waals surface area (Å²) in [5, 5.41) is 3.03. The molecule has 1 N–H and O–H groups in total. The summed E-state index contributed by atoms with van der Waals surface area (Å²) < 4.78 is 0. The lowest BCUT2D eigenvalue weighted by atomic mass is 10.0. The highest BCUT2D eigenvalue weighted by molar-refractivity contribution is 5.76. The van der Waals surface area contributed by atoms with Crippen molar-refractivity contribution in [2.75, 3.05) is 6.54 Å². The molecule has 1 amide bonds. The normalized spacial score (nSPS) is 11.9. The summed E-state index contributed by atoms with van der Waals surface area (Å²) in [6.07, 6.45) is 1.35. The molecule has 21 heavy (non-hydrogen) atoms. The van der Waals surface area contributed by atoms with Gasteiger partial charge in [-0.05, 0) is 30.4 Å². The molecule has 2 aromatic carbocycles. The Bertz CT molecular complexity index is 577. The molecule has 0 aromatic heterocycles. The zero-order chi connectivity index (χ0) is 15.1. The van der Waals surface area contributed by atoms with Gasteiger partial charge in [0.25, 0.3) is 0 Å². The molecule has 2 nitrogen and oxygen atoms in total. The molecule has 1 unspecified atom stereocenters. The number of nitrogens with one attached hydrogen (secondary N) is 1. The van der Waals surface area contributed by atoms with Crippen molar-refractivity contribution in [3.05, 3.63) is 71.3 Å². The zero-order valence-electron chi connectivity index (χ0n) is 12.8. The van der Waals surface area contributed by atoms with Crippen LogP contribution in [-0.2, 0) is 11.2 Å². The van der Waals surface area contributed by atoms with E-state index in [2.05, 4.69) is 49.5 Å². The number of hydrogen-bond acceptors (Lipinski definition) is 1. The monoisotopic (exact) mass is 281 g/mol. The first kappa shape index (κ1) is 15.3. The van der Waals surface area contributed by atoms with Crippen LogP contribution in [0.4, 0.5) is 0 Å². The second-order valence-electron chi connectivity index (χ2n) is 5.60. The molecule has 0 aliphatic carbocycles. The average Bonchev–Trinajstić information content (AvgIpc) is 2.51. The Kier molecular flexibility index (Phi) is 5.56. The van der Waals surface area contributed by atoms with E-state index in [1.54, 1.807) is 0 Å². The first-order valence-electron chi connectivity index (χ1n) is 7.52. The summed E-state index contributed by atoms with van der Waals surface area (Å²) in [5.74, 6) is 0.466. The summed E-state index contributed by atoms with van der Waals surface area (Å²) >= 11 is 0. The second-order valence-corrected chi connectivity index (χ2v) is 5.60. The van der Waals surface area contributed by atoms with Gasteiger partial charge in [-0.25, -0.2) is 0 Å². The van der Waals surface area contributed by atoms with E-state index in [1.807, 2.05) is 24.3 Å². The van der Waals surface area contributed by atoms with Crippen molar-refractivity contribution in [1.29, 1.82) is 0 Å². The molecular weight excluding hydrogens is 258 g/mol. The van der Waals surface area contributed by atoms with Crippen LogP contribution in [0.3, 0.4) is 0 Å². The highest BCUT2D eigenvalue weighted by Crippen LogP contribution is 2.13. The summed E-state index contributed by atoms with van der Waals surface area (Å²) in [7, 11) is 0. The fraction of sp³-hybridized carbons (Fsp3) is 0.316. The van der Waals surface area contributed by atoms with Gasteiger partial charge in [-0.2, -0.15) is 0 Å². The summed E-state index contributed by atoms with van der Waals surface area (Å²) in [6, 6.07) is 18.6. The van der Waals surface area contributed by atoms with Crippen molar-refractivity contribution >= 4 is 5.91 Å². The zero-order valence-corrected chi connectivity index (χ0v) is 12.8. The lowest BCUT2D eigenvalue weighted by Crippen LogP contribution is -2.27. The molecule has 0 heterocycles. The molecule has 0 saturated heterocycles. The van der Waals surface area contributed by atoms with Crippen LogP contribution < -0.4 is 5.32 Å². The van der Waals surface area contributed by atoms with Gasteiger partial charge in [-0.1, -0.05) is 67.1 Å². The maximum absolute atomic E-state index is 11.9. The Morgan fingerprint density at radius 3 is 2.57 bits per heavy atom. The number of aryl methyl sites for hydroxylation is 2. The average molecular weight is 281 g/mol. The summed E-state index contributed by atoms with van der Waals surface area (Å²) in [4.78, 5) is 11.9. The first-order valence-corrected chi connectivity index (χ1v) is 7.52. The minimum Gasteiger partial charge on any atom is -0.355 e. The quantitative estimate of drug-likeness (QED) is 0.856. The van der Waals surface area contributed by atoms with Crippen LogP contribution >= 0.6 is 0 Å². The number of amides is 1. The smallest absolute Gasteiger partial charge is 0.220 e. The van der Waals surface area contributed by atoms with Crippen molar-refractivity contribution < 1.29 is 4.79 Å². The SMILES string of the molecule is Cc1cccc(CCC(=O)NCC(C)c2ccccc2)c1. The van der Waals surface area contributed by atoms with Crippen LogP contribution in [0.2, 0.25) is 0 Å². The van der Waals surface area contributed by atoms with Gasteiger partial charge in [0, 0.05) is 13.0 Å². The van der Waals surface area contributed by atoms with Gasteiger partial charge < -0.3 is 5.32 Å². The summed E-state index contributed by atoms with van der Waals surface area (Å²) in [6.45, 7) is 4.90. The maximum Gasteiger partial charge on any atom is 0.220 e. The van der Waals surface area contributed by atoms with Crippen molar-refractivity contribution in [3.63, 3.8) is 0 Å². The molecule has 0 radical (unpaired) electrons. The van der Waals surface area contributed by atoms with E-state index in [4.69, 9.17) is 0 Å². The molecule has 0 spiro atoms. The van der Waals surface area contributed by atoms with Gasteiger partial charge in [0.05, 0.1) is 0 Å². The summed E-state index contributed by atoms with van der Waals surface area (Å²) in [5.41, 5.74) is 3.73. The lowest BCUT2D eigenvalue weighted by molar-refractivity contribution is -0.121. The van der Waals surface area contributed by atoms with Crippen molar-refractivity contribution in [3.8, 4) is 0 Å². The fourth-order valence-electron chi connectivity index (χ4n) is 2.38. The van der Waals surface area contributed by atoms with Gasteiger partial charge >= 0.3 is 0 Å². The van der Waals surface area contributed by atoms with E-state index in [9.17, 15) is 4.79 Å². The van der Waals surface area contributed by atoms with Gasteiger partial charge in [0.15, 0.2) is 0 Å². The standard InChI is InChI=1S/C19H23NO/c1-15-7-6-8-17(13-15)11-12-19(21)20-14-16(2)18-9-4-3-5-10-18/h3-10,13,16H,11-12,14H2,1-2H3,(H,20,21). The molecule has 110 valence electrons. The molecule has 0 aliphatic rings. The van der Waals surface area contributed by atoms with Gasteiger partial charge in [0.2, 0.25) is 5.91 Å².